The van der Waals surface area contributed by atoms with Crippen LogP contribution in [-0.2, 0) is 6.42 Å². The lowest BCUT2D eigenvalue weighted by molar-refractivity contribution is 0.149. The first-order valence-corrected chi connectivity index (χ1v) is 4.05. The van der Waals surface area contributed by atoms with Gasteiger partial charge in [0.1, 0.15) is 0 Å². The molecule has 1 heterocycles. The Labute approximate surface area is 84.1 Å². The highest BCUT2D eigenvalue weighted by atomic mass is 19.3. The maximum atomic E-state index is 12.3. The average molecular weight is 214 g/mol. The zero-order chi connectivity index (χ0) is 11.4. The highest BCUT2D eigenvalue weighted by Crippen LogP contribution is 2.18. The van der Waals surface area contributed by atoms with Crippen LogP contribution < -0.4 is 10.2 Å². The Kier molecular flexibility index (Phi) is 3.39. The molecule has 0 aliphatic carbocycles. The number of hydrogen-bond donors (Lipinski definition) is 1. The average Bonchev–Trinajstić information content (AvgIpc) is 2.18. The topological polar surface area (TPSA) is 65.9 Å². The van der Waals surface area contributed by atoms with Crippen LogP contribution in [0.15, 0.2) is 11.0 Å². The summed E-state index contributed by atoms with van der Waals surface area (Å²) in [5, 5.41) is 8.43. The number of H-pyrrole nitrogens is 1. The van der Waals surface area contributed by atoms with E-state index in [0.717, 1.165) is 6.20 Å². The molecule has 0 aliphatic heterocycles. The molecule has 0 saturated heterocycles. The monoisotopic (exact) mass is 214 g/mol. The minimum Gasteiger partial charge on any atom is -0.491 e. The lowest BCUT2D eigenvalue weighted by Crippen LogP contribution is -2.15. The van der Waals surface area contributed by atoms with E-state index in [-0.39, 0.29) is 17.9 Å². The van der Waals surface area contributed by atoms with Gasteiger partial charge in [-0.25, -0.2) is 8.78 Å². The Morgan fingerprint density at radius 2 is 2.33 bits per heavy atom. The molecule has 0 fully saturated rings. The van der Waals surface area contributed by atoms with E-state index in [1.54, 1.807) is 6.07 Å². The largest absolute Gasteiger partial charge is 0.491 e. The molecule has 1 aromatic rings. The first-order chi connectivity index (χ1) is 7.11. The van der Waals surface area contributed by atoms with Crippen LogP contribution in [0.4, 0.5) is 8.78 Å². The molecule has 0 aliphatic rings. The van der Waals surface area contributed by atoms with Crippen molar-refractivity contribution in [3.63, 3.8) is 0 Å². The van der Waals surface area contributed by atoms with Crippen LogP contribution in [0.1, 0.15) is 17.7 Å². The second-order valence-corrected chi connectivity index (χ2v) is 2.72. The third-order valence-electron chi connectivity index (χ3n) is 1.84. The number of aromatic nitrogens is 1. The molecule has 80 valence electrons. The summed E-state index contributed by atoms with van der Waals surface area (Å²) in [6.07, 6.45) is -2.05. The molecule has 0 bridgehead atoms. The van der Waals surface area contributed by atoms with Crippen LogP contribution in [0.2, 0.25) is 0 Å². The molecule has 0 aromatic carbocycles. The molecule has 4 nitrogen and oxygen atoms in total. The Balaban J connectivity index is 3.34. The van der Waals surface area contributed by atoms with Gasteiger partial charge in [0.2, 0.25) is 5.43 Å². The predicted molar refractivity (Wildman–Crippen MR) is 47.9 cm³/mol. The van der Waals surface area contributed by atoms with Gasteiger partial charge in [-0.15, -0.1) is 0 Å². The Morgan fingerprint density at radius 3 is 2.80 bits per heavy atom. The van der Waals surface area contributed by atoms with E-state index >= 15 is 0 Å². The van der Waals surface area contributed by atoms with Crippen LogP contribution in [0.25, 0.3) is 0 Å². The molecule has 1 rings (SSSR count). The second kappa shape index (κ2) is 4.55. The maximum Gasteiger partial charge on any atom is 0.269 e. The number of aromatic amines is 1. The zero-order valence-electron chi connectivity index (χ0n) is 7.88. The number of halogens is 2. The van der Waals surface area contributed by atoms with Crippen molar-refractivity contribution in [1.29, 1.82) is 5.26 Å². The molecule has 0 radical (unpaired) electrons. The summed E-state index contributed by atoms with van der Waals surface area (Å²) in [5.41, 5.74) is -1.33. The van der Waals surface area contributed by atoms with Crippen LogP contribution in [0.3, 0.4) is 0 Å². The summed E-state index contributed by atoms with van der Waals surface area (Å²) in [7, 11) is 1.20. The smallest absolute Gasteiger partial charge is 0.269 e. The number of hydrogen-bond acceptors (Lipinski definition) is 3. The van der Waals surface area contributed by atoms with Crippen molar-refractivity contribution in [1.82, 2.24) is 4.98 Å². The van der Waals surface area contributed by atoms with Gasteiger partial charge in [0, 0.05) is 6.20 Å². The Bertz CT molecular complexity index is 448. The highest BCUT2D eigenvalue weighted by molar-refractivity contribution is 5.33. The van der Waals surface area contributed by atoms with Crippen LogP contribution in [-0.4, -0.2) is 12.1 Å². The van der Waals surface area contributed by atoms with Gasteiger partial charge in [-0.3, -0.25) is 4.79 Å². The van der Waals surface area contributed by atoms with Gasteiger partial charge in [-0.05, 0) is 0 Å². The van der Waals surface area contributed by atoms with Crippen LogP contribution in [0, 0.1) is 11.3 Å². The van der Waals surface area contributed by atoms with Crippen molar-refractivity contribution in [3.8, 4) is 11.8 Å². The number of rotatable bonds is 3. The molecule has 1 aromatic heterocycles. The standard InChI is InChI=1S/C9H8F2N2O2/c1-15-8-6(2-3-12)13-4-5(7(8)14)9(10)11/h4,9H,2H2,1H3,(H,13,14). The van der Waals surface area contributed by atoms with Gasteiger partial charge in [-0.1, -0.05) is 0 Å². The third-order valence-corrected chi connectivity index (χ3v) is 1.84. The number of pyridine rings is 1. The van der Waals surface area contributed by atoms with Gasteiger partial charge >= 0.3 is 0 Å². The Hall–Kier alpha value is -1.90. The number of alkyl halides is 2. The molecular formula is C9H8F2N2O2. The lowest BCUT2D eigenvalue weighted by Gasteiger charge is -2.06. The predicted octanol–water partition coefficient (Wildman–Crippen LogP) is 1.39. The van der Waals surface area contributed by atoms with Crippen LogP contribution >= 0.6 is 0 Å². The second-order valence-electron chi connectivity index (χ2n) is 2.72. The maximum absolute atomic E-state index is 12.3. The van der Waals surface area contributed by atoms with Crippen molar-refractivity contribution < 1.29 is 13.5 Å². The third kappa shape index (κ3) is 2.13. The van der Waals surface area contributed by atoms with E-state index in [4.69, 9.17) is 10.00 Å². The molecule has 0 spiro atoms. The van der Waals surface area contributed by atoms with Crippen molar-refractivity contribution in [3.05, 3.63) is 27.7 Å². The number of nitrogens with zero attached hydrogens (tertiary/aromatic N) is 1. The molecule has 0 atom stereocenters. The molecule has 6 heteroatoms. The van der Waals surface area contributed by atoms with Crippen molar-refractivity contribution >= 4 is 0 Å². The normalized spacial score (nSPS) is 10.1. The van der Waals surface area contributed by atoms with E-state index < -0.39 is 17.4 Å². The van der Waals surface area contributed by atoms with Crippen molar-refractivity contribution in [2.75, 3.05) is 7.11 Å². The molecule has 0 unspecified atom stereocenters. The summed E-state index contributed by atoms with van der Waals surface area (Å²) in [5.74, 6) is -0.227. The molecular weight excluding hydrogens is 206 g/mol. The summed E-state index contributed by atoms with van der Waals surface area (Å²) in [6, 6.07) is 1.80. The lowest BCUT2D eigenvalue weighted by atomic mass is 10.2. The number of nitrogens with one attached hydrogen (secondary N) is 1. The summed E-state index contributed by atoms with van der Waals surface area (Å²) in [6.45, 7) is 0. The Morgan fingerprint density at radius 1 is 1.67 bits per heavy atom. The number of methoxy groups -OCH3 is 1. The first kappa shape index (κ1) is 11.2. The van der Waals surface area contributed by atoms with Crippen LogP contribution in [0.5, 0.6) is 5.75 Å². The molecule has 1 N–H and O–H groups in total. The minimum atomic E-state index is -2.86. The summed E-state index contributed by atoms with van der Waals surface area (Å²) < 4.78 is 29.3. The molecule has 0 saturated carbocycles. The van der Waals surface area contributed by atoms with E-state index in [1.165, 1.54) is 7.11 Å². The van der Waals surface area contributed by atoms with Gasteiger partial charge in [0.05, 0.1) is 30.9 Å². The summed E-state index contributed by atoms with van der Waals surface area (Å²) >= 11 is 0. The van der Waals surface area contributed by atoms with E-state index in [2.05, 4.69) is 4.98 Å². The van der Waals surface area contributed by atoms with Gasteiger partial charge < -0.3 is 9.72 Å². The fourth-order valence-corrected chi connectivity index (χ4v) is 1.15. The highest BCUT2D eigenvalue weighted by Gasteiger charge is 2.18. The minimum absolute atomic E-state index is 0.0953. The fraction of sp³-hybridized carbons (Fsp3) is 0.333. The van der Waals surface area contributed by atoms with Gasteiger partial charge in [0.15, 0.2) is 5.75 Å². The van der Waals surface area contributed by atoms with E-state index in [9.17, 15) is 13.6 Å². The quantitative estimate of drug-likeness (QED) is 0.826. The molecule has 15 heavy (non-hydrogen) atoms. The zero-order valence-corrected chi connectivity index (χ0v) is 7.88. The number of ether oxygens (including phenoxy) is 1. The van der Waals surface area contributed by atoms with E-state index in [0.29, 0.717) is 0 Å². The first-order valence-electron chi connectivity index (χ1n) is 4.05. The number of nitriles is 1. The summed E-state index contributed by atoms with van der Waals surface area (Å²) in [4.78, 5) is 13.9. The SMILES string of the molecule is COc1c(CC#N)[nH]cc(C(F)F)c1=O. The fourth-order valence-electron chi connectivity index (χ4n) is 1.15. The molecule has 0 amide bonds. The van der Waals surface area contributed by atoms with Gasteiger partial charge in [-0.2, -0.15) is 5.26 Å². The van der Waals surface area contributed by atoms with E-state index in [1.807, 2.05) is 0 Å². The van der Waals surface area contributed by atoms with Crippen molar-refractivity contribution in [2.24, 2.45) is 0 Å². The van der Waals surface area contributed by atoms with Crippen molar-refractivity contribution in [2.45, 2.75) is 12.8 Å². The van der Waals surface area contributed by atoms with Gasteiger partial charge in [0.25, 0.3) is 6.43 Å².